The first kappa shape index (κ1) is 22.3. The van der Waals surface area contributed by atoms with Crippen LogP contribution in [-0.4, -0.2) is 19.7 Å². The summed E-state index contributed by atoms with van der Waals surface area (Å²) in [4.78, 5) is 11.3. The van der Waals surface area contributed by atoms with Crippen LogP contribution in [0.2, 0.25) is 5.02 Å². The highest BCUT2D eigenvalue weighted by Crippen LogP contribution is 2.27. The topological polar surface area (TPSA) is 44.8 Å². The first-order valence-electron chi connectivity index (χ1n) is 9.26. The fraction of sp³-hybridized carbons (Fsp3) is 0.208. The Morgan fingerprint density at radius 3 is 2.55 bits per heavy atom. The van der Waals surface area contributed by atoms with Crippen molar-refractivity contribution in [1.82, 2.24) is 0 Å². The number of carbonyl (C=O) groups is 1. The van der Waals surface area contributed by atoms with Crippen molar-refractivity contribution in [3.8, 4) is 11.5 Å². The number of para-hydroxylation sites is 1. The van der Waals surface area contributed by atoms with E-state index in [1.807, 2.05) is 55.5 Å². The summed E-state index contributed by atoms with van der Waals surface area (Å²) in [7, 11) is 1.38. The minimum absolute atomic E-state index is 0.248. The van der Waals surface area contributed by atoms with Crippen molar-refractivity contribution in [2.75, 3.05) is 13.7 Å². The number of esters is 1. The Hall–Kier alpha value is -2.98. The van der Waals surface area contributed by atoms with Crippen molar-refractivity contribution in [2.45, 2.75) is 19.8 Å². The molecule has 5 heteroatoms. The zero-order valence-corrected chi connectivity index (χ0v) is 17.4. The fourth-order valence-corrected chi connectivity index (χ4v) is 2.73. The second-order valence-electron chi connectivity index (χ2n) is 6.16. The number of carbonyl (C=O) groups excluding carboxylic acids is 1. The Kier molecular flexibility index (Phi) is 9.06. The van der Waals surface area contributed by atoms with E-state index >= 15 is 0 Å². The molecule has 0 aromatic heterocycles. The van der Waals surface area contributed by atoms with Gasteiger partial charge >= 0.3 is 5.97 Å². The Morgan fingerprint density at radius 1 is 1.17 bits per heavy atom. The number of hydrogen-bond donors (Lipinski definition) is 0. The number of ether oxygens (including phenoxy) is 3. The molecule has 0 N–H and O–H groups in total. The second kappa shape index (κ2) is 11.8. The molecule has 2 rings (SSSR count). The molecule has 0 amide bonds. The van der Waals surface area contributed by atoms with Crippen LogP contribution in [0, 0.1) is 0 Å². The number of aryl methyl sites for hydroxylation is 1. The van der Waals surface area contributed by atoms with Gasteiger partial charge in [0.15, 0.2) is 0 Å². The Labute approximate surface area is 177 Å². The van der Waals surface area contributed by atoms with Crippen LogP contribution >= 0.6 is 11.6 Å². The Balaban J connectivity index is 1.99. The van der Waals surface area contributed by atoms with Gasteiger partial charge in [-0.05, 0) is 60.9 Å². The van der Waals surface area contributed by atoms with Crippen molar-refractivity contribution < 1.29 is 19.0 Å². The van der Waals surface area contributed by atoms with Gasteiger partial charge in [-0.3, -0.25) is 4.79 Å². The molecule has 0 spiro atoms. The number of benzene rings is 2. The van der Waals surface area contributed by atoms with Crippen LogP contribution in [0.1, 0.15) is 18.9 Å². The average Bonchev–Trinajstić information content (AvgIpc) is 2.75. The van der Waals surface area contributed by atoms with E-state index in [1.54, 1.807) is 18.2 Å². The molecule has 0 aliphatic rings. The molecule has 0 atom stereocenters. The van der Waals surface area contributed by atoms with Gasteiger partial charge in [-0.25, -0.2) is 0 Å². The van der Waals surface area contributed by atoms with Crippen LogP contribution in [0.3, 0.4) is 0 Å². The van der Waals surface area contributed by atoms with E-state index in [-0.39, 0.29) is 5.97 Å². The van der Waals surface area contributed by atoms with E-state index in [1.165, 1.54) is 7.11 Å². The van der Waals surface area contributed by atoms with Gasteiger partial charge in [-0.1, -0.05) is 48.5 Å². The number of allylic oxidation sites excluding steroid dienone is 2. The van der Waals surface area contributed by atoms with Gasteiger partial charge in [-0.15, -0.1) is 0 Å². The third-order valence-electron chi connectivity index (χ3n) is 4.11. The van der Waals surface area contributed by atoms with Gasteiger partial charge in [0.1, 0.15) is 23.9 Å². The van der Waals surface area contributed by atoms with Crippen molar-refractivity contribution >= 4 is 17.6 Å². The summed E-state index contributed by atoms with van der Waals surface area (Å²) in [6.07, 6.45) is 6.34. The summed E-state index contributed by atoms with van der Waals surface area (Å²) in [6, 6.07) is 15.0. The van der Waals surface area contributed by atoms with Crippen LogP contribution in [-0.2, 0) is 16.0 Å². The molecule has 4 nitrogen and oxygen atoms in total. The van der Waals surface area contributed by atoms with Crippen molar-refractivity contribution in [1.29, 1.82) is 0 Å². The quantitative estimate of drug-likeness (QED) is 0.276. The van der Waals surface area contributed by atoms with E-state index in [0.29, 0.717) is 36.0 Å². The standard InChI is InChI=1S/C24H25ClO4/c1-4-18(15-20(5-2)29-21-9-7-6-8-10-21)17-28-23-13-11-19(16-22(23)25)12-14-24(26)27-3/h4-11,13,15-16H,2,12,14,17H2,1,3H3/b18-4+,20-15+. The second-order valence-corrected chi connectivity index (χ2v) is 6.57. The third kappa shape index (κ3) is 7.51. The first-order valence-corrected chi connectivity index (χ1v) is 9.63. The molecule has 0 heterocycles. The van der Waals surface area contributed by atoms with E-state index in [9.17, 15) is 4.79 Å². The number of hydrogen-bond acceptors (Lipinski definition) is 4. The molecule has 0 saturated carbocycles. The molecule has 2 aromatic rings. The van der Waals surface area contributed by atoms with Crippen LogP contribution in [0.4, 0.5) is 0 Å². The summed E-state index contributed by atoms with van der Waals surface area (Å²) >= 11 is 6.33. The van der Waals surface area contributed by atoms with Gasteiger partial charge in [0, 0.05) is 6.42 Å². The van der Waals surface area contributed by atoms with E-state index in [4.69, 9.17) is 21.1 Å². The molecule has 0 bridgehead atoms. The molecule has 2 aromatic carbocycles. The average molecular weight is 413 g/mol. The van der Waals surface area contributed by atoms with E-state index < -0.39 is 0 Å². The lowest BCUT2D eigenvalue weighted by molar-refractivity contribution is -0.140. The lowest BCUT2D eigenvalue weighted by atomic mass is 10.1. The number of halogens is 1. The predicted molar refractivity (Wildman–Crippen MR) is 116 cm³/mol. The highest BCUT2D eigenvalue weighted by atomic mass is 35.5. The van der Waals surface area contributed by atoms with Crippen molar-refractivity contribution in [3.05, 3.63) is 95.3 Å². The van der Waals surface area contributed by atoms with E-state index in [0.717, 1.165) is 16.9 Å². The zero-order valence-electron chi connectivity index (χ0n) is 16.7. The molecule has 0 saturated heterocycles. The third-order valence-corrected chi connectivity index (χ3v) is 4.41. The highest BCUT2D eigenvalue weighted by Gasteiger charge is 2.07. The van der Waals surface area contributed by atoms with Crippen LogP contribution in [0.15, 0.2) is 84.7 Å². The van der Waals surface area contributed by atoms with Crippen LogP contribution in [0.25, 0.3) is 0 Å². The van der Waals surface area contributed by atoms with Gasteiger partial charge in [-0.2, -0.15) is 0 Å². The smallest absolute Gasteiger partial charge is 0.305 e. The largest absolute Gasteiger partial charge is 0.487 e. The number of methoxy groups -OCH3 is 1. The highest BCUT2D eigenvalue weighted by molar-refractivity contribution is 6.32. The lowest BCUT2D eigenvalue weighted by Crippen LogP contribution is -2.03. The summed E-state index contributed by atoms with van der Waals surface area (Å²) in [5.41, 5.74) is 1.87. The Morgan fingerprint density at radius 2 is 1.93 bits per heavy atom. The normalized spacial score (nSPS) is 11.7. The maximum absolute atomic E-state index is 11.3. The van der Waals surface area contributed by atoms with Crippen molar-refractivity contribution in [3.63, 3.8) is 0 Å². The fourth-order valence-electron chi connectivity index (χ4n) is 2.47. The number of rotatable bonds is 10. The molecule has 0 aliphatic carbocycles. The molecule has 29 heavy (non-hydrogen) atoms. The predicted octanol–water partition coefficient (Wildman–Crippen LogP) is 5.92. The monoisotopic (exact) mass is 412 g/mol. The summed E-state index contributed by atoms with van der Waals surface area (Å²) in [5.74, 6) is 1.69. The maximum atomic E-state index is 11.3. The summed E-state index contributed by atoms with van der Waals surface area (Å²) in [5, 5.41) is 0.497. The van der Waals surface area contributed by atoms with Gasteiger partial charge in [0.2, 0.25) is 0 Å². The van der Waals surface area contributed by atoms with Gasteiger partial charge < -0.3 is 14.2 Å². The summed E-state index contributed by atoms with van der Waals surface area (Å²) in [6.45, 7) is 6.06. The molecular formula is C24H25ClO4. The summed E-state index contributed by atoms with van der Waals surface area (Å²) < 4.78 is 16.3. The van der Waals surface area contributed by atoms with Crippen LogP contribution < -0.4 is 9.47 Å². The zero-order chi connectivity index (χ0) is 21.1. The van der Waals surface area contributed by atoms with Crippen LogP contribution in [0.5, 0.6) is 11.5 Å². The van der Waals surface area contributed by atoms with Gasteiger partial charge in [0.05, 0.1) is 12.1 Å². The lowest BCUT2D eigenvalue weighted by Gasteiger charge is -2.11. The van der Waals surface area contributed by atoms with Gasteiger partial charge in [0.25, 0.3) is 0 Å². The molecule has 0 fully saturated rings. The first-order chi connectivity index (χ1) is 14.0. The molecule has 0 aliphatic heterocycles. The maximum Gasteiger partial charge on any atom is 0.305 e. The molecule has 0 radical (unpaired) electrons. The molecular weight excluding hydrogens is 388 g/mol. The molecule has 152 valence electrons. The SMILES string of the molecule is C=C/C(=C\C(=C/C)COc1ccc(CCC(=O)OC)cc1Cl)Oc1ccccc1. The molecule has 0 unspecified atom stereocenters. The minimum Gasteiger partial charge on any atom is -0.487 e. The Bertz CT molecular complexity index is 885. The minimum atomic E-state index is -0.248. The van der Waals surface area contributed by atoms with E-state index in [2.05, 4.69) is 11.3 Å². The van der Waals surface area contributed by atoms with Crippen molar-refractivity contribution in [2.24, 2.45) is 0 Å².